The van der Waals surface area contributed by atoms with Crippen molar-refractivity contribution in [1.82, 2.24) is 0 Å². The van der Waals surface area contributed by atoms with Crippen molar-refractivity contribution in [3.8, 4) is 0 Å². The molecule has 1 aliphatic carbocycles. The van der Waals surface area contributed by atoms with Crippen LogP contribution in [0.15, 0.2) is 0 Å². The molecule has 1 aliphatic rings. The molecule has 0 aromatic rings. The minimum atomic E-state index is 0.177. The average Bonchev–Trinajstić information content (AvgIpc) is 2.38. The van der Waals surface area contributed by atoms with Crippen molar-refractivity contribution in [3.05, 3.63) is 0 Å². The largest absolute Gasteiger partial charge is 0.396 e. The fourth-order valence-electron chi connectivity index (χ4n) is 1.84. The number of aliphatic hydroxyl groups excluding tert-OH is 1. The van der Waals surface area contributed by atoms with E-state index in [1.165, 1.54) is 25.7 Å². The Hall–Kier alpha value is -0.0400. The molecule has 0 spiro atoms. The van der Waals surface area contributed by atoms with E-state index in [0.717, 1.165) is 5.92 Å². The predicted octanol–water partition coefficient (Wildman–Crippen LogP) is 2.20. The summed E-state index contributed by atoms with van der Waals surface area (Å²) in [4.78, 5) is 0. The zero-order valence-electron chi connectivity index (χ0n) is 7.06. The fraction of sp³-hybridized carbons (Fsp3) is 1.00. The number of hydrogen-bond acceptors (Lipinski definition) is 1. The molecule has 1 rings (SSSR count). The molecule has 0 aromatic carbocycles. The zero-order chi connectivity index (χ0) is 7.61. The molecule has 0 aliphatic heterocycles. The van der Waals surface area contributed by atoms with E-state index in [1.54, 1.807) is 0 Å². The summed E-state index contributed by atoms with van der Waals surface area (Å²) in [6.45, 7) is 4.68. The lowest BCUT2D eigenvalue weighted by atomic mass is 9.79. The lowest BCUT2D eigenvalue weighted by Gasteiger charge is -2.28. The van der Waals surface area contributed by atoms with Gasteiger partial charge in [-0.25, -0.2) is 0 Å². The smallest absolute Gasteiger partial charge is 0.0484 e. The first-order valence-corrected chi connectivity index (χ1v) is 4.27. The van der Waals surface area contributed by atoms with Gasteiger partial charge in [-0.1, -0.05) is 26.7 Å². The zero-order valence-corrected chi connectivity index (χ0v) is 7.06. The van der Waals surface area contributed by atoms with Crippen molar-refractivity contribution < 1.29 is 5.11 Å². The molecule has 1 saturated carbocycles. The molecule has 0 heterocycles. The van der Waals surface area contributed by atoms with Gasteiger partial charge in [0.25, 0.3) is 0 Å². The highest BCUT2D eigenvalue weighted by Crippen LogP contribution is 2.38. The number of rotatable bonds is 2. The summed E-state index contributed by atoms with van der Waals surface area (Å²) in [5.41, 5.74) is 0.177. The van der Waals surface area contributed by atoms with Crippen molar-refractivity contribution >= 4 is 0 Å². The molecule has 1 N–H and O–H groups in total. The SMILES string of the molecule is CC(C)(CO)C1CCCC1. The van der Waals surface area contributed by atoms with Gasteiger partial charge in [0.1, 0.15) is 0 Å². The summed E-state index contributed by atoms with van der Waals surface area (Å²) < 4.78 is 0. The maximum Gasteiger partial charge on any atom is 0.0484 e. The van der Waals surface area contributed by atoms with Gasteiger partial charge in [0, 0.05) is 6.61 Å². The molecule has 10 heavy (non-hydrogen) atoms. The van der Waals surface area contributed by atoms with Crippen molar-refractivity contribution in [2.75, 3.05) is 6.61 Å². The van der Waals surface area contributed by atoms with E-state index in [0.29, 0.717) is 6.61 Å². The quantitative estimate of drug-likeness (QED) is 0.626. The van der Waals surface area contributed by atoms with Crippen molar-refractivity contribution in [2.45, 2.75) is 39.5 Å². The first kappa shape index (κ1) is 8.06. The molecule has 1 heteroatoms. The highest BCUT2D eigenvalue weighted by Gasteiger charge is 2.30. The minimum Gasteiger partial charge on any atom is -0.396 e. The maximum atomic E-state index is 9.05. The molecular formula is C9H18O. The van der Waals surface area contributed by atoms with Crippen molar-refractivity contribution in [3.63, 3.8) is 0 Å². The van der Waals surface area contributed by atoms with E-state index in [2.05, 4.69) is 13.8 Å². The lowest BCUT2D eigenvalue weighted by molar-refractivity contribution is 0.0989. The van der Waals surface area contributed by atoms with Crippen LogP contribution in [-0.2, 0) is 0 Å². The van der Waals surface area contributed by atoms with E-state index in [9.17, 15) is 0 Å². The normalized spacial score (nSPS) is 21.9. The van der Waals surface area contributed by atoms with Gasteiger partial charge in [-0.15, -0.1) is 0 Å². The van der Waals surface area contributed by atoms with Crippen LogP contribution in [0.1, 0.15) is 39.5 Å². The van der Waals surface area contributed by atoms with Crippen LogP contribution in [0.4, 0.5) is 0 Å². The third-order valence-electron chi connectivity index (χ3n) is 2.87. The molecule has 0 aromatic heterocycles. The predicted molar refractivity (Wildman–Crippen MR) is 42.8 cm³/mol. The Morgan fingerprint density at radius 2 is 1.80 bits per heavy atom. The topological polar surface area (TPSA) is 20.2 Å². The Bertz CT molecular complexity index is 101. The van der Waals surface area contributed by atoms with E-state index in [4.69, 9.17) is 5.11 Å². The van der Waals surface area contributed by atoms with E-state index >= 15 is 0 Å². The highest BCUT2D eigenvalue weighted by molar-refractivity contribution is 4.81. The van der Waals surface area contributed by atoms with E-state index in [1.807, 2.05) is 0 Å². The van der Waals surface area contributed by atoms with Gasteiger partial charge in [-0.2, -0.15) is 0 Å². The average molecular weight is 142 g/mol. The Labute approximate surface area is 63.4 Å². The van der Waals surface area contributed by atoms with Gasteiger partial charge in [-0.05, 0) is 24.2 Å². The van der Waals surface area contributed by atoms with Gasteiger partial charge >= 0.3 is 0 Å². The summed E-state index contributed by atoms with van der Waals surface area (Å²) in [5.74, 6) is 0.775. The second-order valence-electron chi connectivity index (χ2n) is 4.13. The van der Waals surface area contributed by atoms with Gasteiger partial charge < -0.3 is 5.11 Å². The molecule has 0 unspecified atom stereocenters. The summed E-state index contributed by atoms with van der Waals surface area (Å²) in [6.07, 6.45) is 5.39. The van der Waals surface area contributed by atoms with Crippen LogP contribution >= 0.6 is 0 Å². The molecule has 1 fully saturated rings. The summed E-state index contributed by atoms with van der Waals surface area (Å²) in [7, 11) is 0. The molecule has 1 nitrogen and oxygen atoms in total. The van der Waals surface area contributed by atoms with Crippen LogP contribution in [0.2, 0.25) is 0 Å². The monoisotopic (exact) mass is 142 g/mol. The van der Waals surface area contributed by atoms with Crippen LogP contribution in [0.25, 0.3) is 0 Å². The van der Waals surface area contributed by atoms with Gasteiger partial charge in [0.2, 0.25) is 0 Å². The van der Waals surface area contributed by atoms with Crippen LogP contribution in [0.5, 0.6) is 0 Å². The van der Waals surface area contributed by atoms with Crippen LogP contribution < -0.4 is 0 Å². The third-order valence-corrected chi connectivity index (χ3v) is 2.87. The van der Waals surface area contributed by atoms with Crippen molar-refractivity contribution in [1.29, 1.82) is 0 Å². The number of aliphatic hydroxyl groups is 1. The van der Waals surface area contributed by atoms with E-state index in [-0.39, 0.29) is 5.41 Å². The summed E-state index contributed by atoms with van der Waals surface area (Å²) in [6, 6.07) is 0. The molecule has 0 bridgehead atoms. The molecule has 0 atom stereocenters. The number of hydrogen-bond donors (Lipinski definition) is 1. The van der Waals surface area contributed by atoms with Gasteiger partial charge in [0.05, 0.1) is 0 Å². The first-order valence-electron chi connectivity index (χ1n) is 4.27. The third kappa shape index (κ3) is 1.51. The molecule has 0 saturated heterocycles. The van der Waals surface area contributed by atoms with E-state index < -0.39 is 0 Å². The van der Waals surface area contributed by atoms with Crippen LogP contribution in [-0.4, -0.2) is 11.7 Å². The van der Waals surface area contributed by atoms with Crippen molar-refractivity contribution in [2.24, 2.45) is 11.3 Å². The molecular weight excluding hydrogens is 124 g/mol. The Morgan fingerprint density at radius 1 is 1.30 bits per heavy atom. The Balaban J connectivity index is 2.45. The lowest BCUT2D eigenvalue weighted by Crippen LogP contribution is -2.25. The van der Waals surface area contributed by atoms with Gasteiger partial charge in [-0.3, -0.25) is 0 Å². The molecule has 0 amide bonds. The second kappa shape index (κ2) is 2.91. The Kier molecular flexibility index (Phi) is 2.35. The maximum absolute atomic E-state index is 9.05. The second-order valence-corrected chi connectivity index (χ2v) is 4.13. The standard InChI is InChI=1S/C9H18O/c1-9(2,7-10)8-5-3-4-6-8/h8,10H,3-7H2,1-2H3. The molecule has 60 valence electrons. The van der Waals surface area contributed by atoms with Crippen LogP contribution in [0.3, 0.4) is 0 Å². The van der Waals surface area contributed by atoms with Crippen LogP contribution in [0, 0.1) is 11.3 Å². The van der Waals surface area contributed by atoms with Gasteiger partial charge in [0.15, 0.2) is 0 Å². The summed E-state index contributed by atoms with van der Waals surface area (Å²) >= 11 is 0. The molecule has 0 radical (unpaired) electrons. The highest BCUT2D eigenvalue weighted by atomic mass is 16.3. The first-order chi connectivity index (χ1) is 4.67. The minimum absolute atomic E-state index is 0.177. The Morgan fingerprint density at radius 3 is 2.20 bits per heavy atom. The fourth-order valence-corrected chi connectivity index (χ4v) is 1.84. The summed E-state index contributed by atoms with van der Waals surface area (Å²) in [5, 5.41) is 9.05.